The van der Waals surface area contributed by atoms with Gasteiger partial charge in [-0.05, 0) is 12.1 Å². The molecular formula is C10H13N3O. The summed E-state index contributed by atoms with van der Waals surface area (Å²) in [5.41, 5.74) is 1.01. The van der Waals surface area contributed by atoms with Gasteiger partial charge in [-0.3, -0.25) is 4.98 Å². The third-order valence-electron chi connectivity index (χ3n) is 1.79. The molecule has 0 amide bonds. The number of anilines is 1. The van der Waals surface area contributed by atoms with Gasteiger partial charge in [0.2, 0.25) is 0 Å². The van der Waals surface area contributed by atoms with Crippen molar-refractivity contribution in [2.75, 3.05) is 25.7 Å². The lowest BCUT2D eigenvalue weighted by Gasteiger charge is -2.23. The van der Waals surface area contributed by atoms with Gasteiger partial charge in [0.25, 0.3) is 0 Å². The van der Waals surface area contributed by atoms with Crippen LogP contribution in [0.2, 0.25) is 0 Å². The molecule has 0 saturated heterocycles. The maximum Gasteiger partial charge on any atom is 0.142 e. The summed E-state index contributed by atoms with van der Waals surface area (Å²) in [6.45, 7) is 0.626. The van der Waals surface area contributed by atoms with E-state index in [1.807, 2.05) is 31.1 Å². The summed E-state index contributed by atoms with van der Waals surface area (Å²) >= 11 is 0. The molecule has 1 aromatic heterocycles. The fourth-order valence-corrected chi connectivity index (χ4v) is 1.13. The van der Waals surface area contributed by atoms with Crippen molar-refractivity contribution in [1.29, 1.82) is 0 Å². The average molecular weight is 191 g/mol. The highest BCUT2D eigenvalue weighted by Crippen LogP contribution is 2.08. The molecule has 74 valence electrons. The number of nitrogens with zero attached hydrogens (tertiary/aromatic N) is 3. The van der Waals surface area contributed by atoms with Crippen LogP contribution in [0.25, 0.3) is 0 Å². The first-order chi connectivity index (χ1) is 6.74. The second-order valence-electron chi connectivity index (χ2n) is 3.05. The summed E-state index contributed by atoms with van der Waals surface area (Å²) in [7, 11) is 3.75. The molecule has 1 heterocycles. The minimum absolute atomic E-state index is 0.626. The summed E-state index contributed by atoms with van der Waals surface area (Å²) in [6.07, 6.45) is 4.87. The molecule has 0 fully saturated rings. The summed E-state index contributed by atoms with van der Waals surface area (Å²) in [4.78, 5) is 17.8. The van der Waals surface area contributed by atoms with Crippen molar-refractivity contribution in [3.8, 4) is 0 Å². The molecule has 4 heteroatoms. The average Bonchev–Trinajstić information content (AvgIpc) is 2.19. The first kappa shape index (κ1) is 10.3. The van der Waals surface area contributed by atoms with E-state index in [2.05, 4.69) is 4.98 Å². The third kappa shape index (κ3) is 2.92. The van der Waals surface area contributed by atoms with Crippen molar-refractivity contribution in [3.63, 3.8) is 0 Å². The maximum absolute atomic E-state index is 10.1. The van der Waals surface area contributed by atoms with Crippen LogP contribution in [0, 0.1) is 0 Å². The van der Waals surface area contributed by atoms with Gasteiger partial charge in [0.05, 0.1) is 24.8 Å². The second kappa shape index (κ2) is 5.04. The third-order valence-corrected chi connectivity index (χ3v) is 1.79. The molecule has 0 aromatic carbocycles. The van der Waals surface area contributed by atoms with Crippen molar-refractivity contribution < 1.29 is 4.79 Å². The molecule has 4 nitrogen and oxygen atoms in total. The Morgan fingerprint density at radius 2 is 2.36 bits per heavy atom. The summed E-state index contributed by atoms with van der Waals surface area (Å²) in [5, 5.41) is 0. The van der Waals surface area contributed by atoms with Crippen molar-refractivity contribution in [1.82, 2.24) is 9.88 Å². The number of rotatable bonds is 4. The van der Waals surface area contributed by atoms with E-state index in [0.29, 0.717) is 6.67 Å². The summed E-state index contributed by atoms with van der Waals surface area (Å²) < 4.78 is 0. The molecule has 1 aromatic rings. The van der Waals surface area contributed by atoms with Crippen LogP contribution in [0.5, 0.6) is 0 Å². The van der Waals surface area contributed by atoms with Crippen LogP contribution < -0.4 is 4.90 Å². The molecule has 1 rings (SSSR count). The molecule has 14 heavy (non-hydrogen) atoms. The molecular weight excluding hydrogens is 178 g/mol. The Bertz CT molecular complexity index is 319. The zero-order valence-corrected chi connectivity index (χ0v) is 8.34. The van der Waals surface area contributed by atoms with Crippen molar-refractivity contribution in [2.24, 2.45) is 0 Å². The molecule has 0 spiro atoms. The Kier molecular flexibility index (Phi) is 3.70. The Hall–Kier alpha value is -1.80. The fourth-order valence-electron chi connectivity index (χ4n) is 1.13. The molecule has 0 aliphatic rings. The lowest BCUT2D eigenvalue weighted by Crippen LogP contribution is -2.29. The van der Waals surface area contributed by atoms with E-state index in [4.69, 9.17) is 0 Å². The van der Waals surface area contributed by atoms with E-state index in [9.17, 15) is 4.79 Å². The maximum atomic E-state index is 10.1. The molecule has 0 radical (unpaired) electrons. The van der Waals surface area contributed by atoms with E-state index < -0.39 is 0 Å². The van der Waals surface area contributed by atoms with E-state index in [0.717, 1.165) is 5.69 Å². The molecule has 0 N–H and O–H groups in total. The predicted octanol–water partition coefficient (Wildman–Crippen LogP) is 0.752. The van der Waals surface area contributed by atoms with Gasteiger partial charge in [-0.1, -0.05) is 0 Å². The predicted molar refractivity (Wildman–Crippen MR) is 55.5 cm³/mol. The SMILES string of the molecule is CN(C=C=O)CN(C)c1cccnc1. The number of aromatic nitrogens is 1. The van der Waals surface area contributed by atoms with Crippen molar-refractivity contribution in [3.05, 3.63) is 30.7 Å². The summed E-state index contributed by atoms with van der Waals surface area (Å²) in [5.74, 6) is 1.73. The normalized spacial score (nSPS) is 9.00. The standard InChI is InChI=1S/C10H13N3O/c1-12(6-7-14)9-13(2)10-4-3-5-11-8-10/h3-6,8H,9H2,1-2H3. The van der Waals surface area contributed by atoms with Crippen LogP contribution in [-0.4, -0.2) is 36.6 Å². The van der Waals surface area contributed by atoms with Crippen LogP contribution in [-0.2, 0) is 4.79 Å². The highest BCUT2D eigenvalue weighted by Gasteiger charge is 2.00. The zero-order chi connectivity index (χ0) is 10.4. The number of carbonyl (C=O) groups excluding carboxylic acids is 1. The highest BCUT2D eigenvalue weighted by atomic mass is 16.1. The van der Waals surface area contributed by atoms with E-state index in [1.165, 1.54) is 6.20 Å². The van der Waals surface area contributed by atoms with Gasteiger partial charge in [-0.25, -0.2) is 4.79 Å². The van der Waals surface area contributed by atoms with Gasteiger partial charge in [-0.2, -0.15) is 0 Å². The molecule has 0 aliphatic heterocycles. The molecule has 0 unspecified atom stereocenters. The van der Waals surface area contributed by atoms with Crippen LogP contribution in [0.1, 0.15) is 0 Å². The topological polar surface area (TPSA) is 36.4 Å². The Morgan fingerprint density at radius 1 is 1.57 bits per heavy atom. The van der Waals surface area contributed by atoms with Gasteiger partial charge >= 0.3 is 0 Å². The largest absolute Gasteiger partial charge is 0.356 e. The monoisotopic (exact) mass is 191 g/mol. The van der Waals surface area contributed by atoms with Crippen molar-refractivity contribution in [2.45, 2.75) is 0 Å². The Balaban J connectivity index is 2.58. The van der Waals surface area contributed by atoms with Crippen LogP contribution in [0.3, 0.4) is 0 Å². The van der Waals surface area contributed by atoms with Gasteiger partial charge in [-0.15, -0.1) is 0 Å². The van der Waals surface area contributed by atoms with Crippen LogP contribution >= 0.6 is 0 Å². The minimum atomic E-state index is 0.626. The Morgan fingerprint density at radius 3 is 2.93 bits per heavy atom. The van der Waals surface area contributed by atoms with Gasteiger partial charge in [0.1, 0.15) is 5.94 Å². The first-order valence-electron chi connectivity index (χ1n) is 4.26. The van der Waals surface area contributed by atoms with Gasteiger partial charge in [0, 0.05) is 20.3 Å². The van der Waals surface area contributed by atoms with Gasteiger partial charge in [0.15, 0.2) is 0 Å². The molecule has 0 atom stereocenters. The number of hydrogen-bond acceptors (Lipinski definition) is 4. The molecule has 0 aliphatic carbocycles. The smallest absolute Gasteiger partial charge is 0.142 e. The Labute approximate surface area is 83.5 Å². The molecule has 0 saturated carbocycles. The van der Waals surface area contributed by atoms with Crippen molar-refractivity contribution >= 4 is 11.6 Å². The van der Waals surface area contributed by atoms with E-state index in [1.54, 1.807) is 23.2 Å². The fraction of sp³-hybridized carbons (Fsp3) is 0.300. The first-order valence-corrected chi connectivity index (χ1v) is 4.26. The second-order valence-corrected chi connectivity index (χ2v) is 3.05. The zero-order valence-electron chi connectivity index (χ0n) is 8.34. The molecule has 0 bridgehead atoms. The lowest BCUT2D eigenvalue weighted by atomic mass is 10.4. The number of hydrogen-bond donors (Lipinski definition) is 0. The van der Waals surface area contributed by atoms with Gasteiger partial charge < -0.3 is 9.80 Å². The van der Waals surface area contributed by atoms with E-state index in [-0.39, 0.29) is 0 Å². The summed E-state index contributed by atoms with van der Waals surface area (Å²) in [6, 6.07) is 3.84. The minimum Gasteiger partial charge on any atom is -0.356 e. The number of pyridine rings is 1. The van der Waals surface area contributed by atoms with Crippen LogP contribution in [0.15, 0.2) is 30.7 Å². The quantitative estimate of drug-likeness (QED) is 0.520. The lowest BCUT2D eigenvalue weighted by molar-refractivity contribution is 0.456. The van der Waals surface area contributed by atoms with Crippen LogP contribution in [0.4, 0.5) is 5.69 Å². The highest BCUT2D eigenvalue weighted by molar-refractivity contribution is 5.45. The van der Waals surface area contributed by atoms with E-state index >= 15 is 0 Å².